The molecule has 0 saturated heterocycles. The van der Waals surface area contributed by atoms with Crippen molar-refractivity contribution in [1.82, 2.24) is 20.5 Å². The van der Waals surface area contributed by atoms with Crippen LogP contribution in [0.2, 0.25) is 0 Å². The molecule has 1 heterocycles. The standard InChI is InChI=1S/C9H15N5S/c1-3-4-12-9(2,5-10)6-15-8-11-7-13-14-8/h7,12H,3-4,6H2,1-2H3,(H,11,13,14). The van der Waals surface area contributed by atoms with Crippen molar-refractivity contribution in [3.63, 3.8) is 0 Å². The maximum atomic E-state index is 9.07. The molecule has 0 saturated carbocycles. The summed E-state index contributed by atoms with van der Waals surface area (Å²) in [6, 6.07) is 2.28. The Morgan fingerprint density at radius 1 is 1.73 bits per heavy atom. The van der Waals surface area contributed by atoms with E-state index in [2.05, 4.69) is 33.5 Å². The first kappa shape index (κ1) is 12.0. The quantitative estimate of drug-likeness (QED) is 0.711. The van der Waals surface area contributed by atoms with Gasteiger partial charge >= 0.3 is 0 Å². The Balaban J connectivity index is 2.43. The first-order valence-electron chi connectivity index (χ1n) is 4.84. The Bertz CT molecular complexity index is 318. The largest absolute Gasteiger partial charge is 0.299 e. The van der Waals surface area contributed by atoms with Crippen LogP contribution in [0.3, 0.4) is 0 Å². The summed E-state index contributed by atoms with van der Waals surface area (Å²) in [7, 11) is 0. The third-order valence-electron chi connectivity index (χ3n) is 1.90. The van der Waals surface area contributed by atoms with Crippen LogP contribution in [0, 0.1) is 11.3 Å². The number of rotatable bonds is 6. The lowest BCUT2D eigenvalue weighted by atomic mass is 10.1. The number of nitrogens with zero attached hydrogens (tertiary/aromatic N) is 3. The van der Waals surface area contributed by atoms with Crippen LogP contribution >= 0.6 is 11.8 Å². The highest BCUT2D eigenvalue weighted by Crippen LogP contribution is 2.17. The van der Waals surface area contributed by atoms with Gasteiger partial charge in [-0.15, -0.1) is 0 Å². The average molecular weight is 225 g/mol. The second kappa shape index (κ2) is 5.73. The summed E-state index contributed by atoms with van der Waals surface area (Å²) < 4.78 is 0. The van der Waals surface area contributed by atoms with Gasteiger partial charge in [0.25, 0.3) is 0 Å². The van der Waals surface area contributed by atoms with Crippen LogP contribution in [0.15, 0.2) is 11.5 Å². The van der Waals surface area contributed by atoms with E-state index in [1.54, 1.807) is 0 Å². The Labute approximate surface area is 93.7 Å². The highest BCUT2D eigenvalue weighted by molar-refractivity contribution is 7.99. The van der Waals surface area contributed by atoms with Gasteiger partial charge in [-0.05, 0) is 19.9 Å². The molecule has 0 amide bonds. The minimum absolute atomic E-state index is 0.506. The molecule has 1 atom stereocenters. The summed E-state index contributed by atoms with van der Waals surface area (Å²) in [5, 5.41) is 19.5. The Morgan fingerprint density at radius 2 is 2.53 bits per heavy atom. The number of H-pyrrole nitrogens is 1. The van der Waals surface area contributed by atoms with E-state index in [0.717, 1.165) is 18.1 Å². The highest BCUT2D eigenvalue weighted by atomic mass is 32.2. The van der Waals surface area contributed by atoms with E-state index < -0.39 is 5.54 Å². The van der Waals surface area contributed by atoms with E-state index in [9.17, 15) is 0 Å². The van der Waals surface area contributed by atoms with Gasteiger partial charge in [0, 0.05) is 5.75 Å². The average Bonchev–Trinajstić information content (AvgIpc) is 2.76. The topological polar surface area (TPSA) is 77.4 Å². The van der Waals surface area contributed by atoms with Gasteiger partial charge in [-0.1, -0.05) is 18.7 Å². The zero-order chi connectivity index (χ0) is 11.1. The van der Waals surface area contributed by atoms with Crippen LogP contribution < -0.4 is 5.32 Å². The van der Waals surface area contributed by atoms with E-state index in [1.165, 1.54) is 18.1 Å². The van der Waals surface area contributed by atoms with Gasteiger partial charge in [-0.3, -0.25) is 10.4 Å². The zero-order valence-electron chi connectivity index (χ0n) is 8.95. The SMILES string of the molecule is CCCNC(C)(C#N)CSc1ncn[nH]1. The lowest BCUT2D eigenvalue weighted by Crippen LogP contribution is -2.43. The van der Waals surface area contributed by atoms with Crippen LogP contribution in [0.25, 0.3) is 0 Å². The van der Waals surface area contributed by atoms with E-state index >= 15 is 0 Å². The van der Waals surface area contributed by atoms with Gasteiger partial charge in [0.1, 0.15) is 11.9 Å². The van der Waals surface area contributed by atoms with E-state index in [0.29, 0.717) is 5.75 Å². The molecule has 1 aromatic heterocycles. The zero-order valence-corrected chi connectivity index (χ0v) is 9.77. The molecule has 0 bridgehead atoms. The Hall–Kier alpha value is -1.06. The number of aromatic nitrogens is 3. The number of aromatic amines is 1. The monoisotopic (exact) mass is 225 g/mol. The summed E-state index contributed by atoms with van der Waals surface area (Å²) in [6.45, 7) is 4.82. The normalized spacial score (nSPS) is 14.5. The van der Waals surface area contributed by atoms with Crippen LogP contribution in [0.5, 0.6) is 0 Å². The maximum Gasteiger partial charge on any atom is 0.183 e. The van der Waals surface area contributed by atoms with Crippen molar-refractivity contribution in [2.45, 2.75) is 31.0 Å². The second-order valence-corrected chi connectivity index (χ2v) is 4.41. The molecule has 0 fully saturated rings. The van der Waals surface area contributed by atoms with Gasteiger partial charge in [-0.25, -0.2) is 4.98 Å². The van der Waals surface area contributed by atoms with Gasteiger partial charge in [0.15, 0.2) is 5.16 Å². The molecule has 5 nitrogen and oxygen atoms in total. The predicted molar refractivity (Wildman–Crippen MR) is 59.4 cm³/mol. The van der Waals surface area contributed by atoms with Gasteiger partial charge < -0.3 is 0 Å². The minimum atomic E-state index is -0.506. The fraction of sp³-hybridized carbons (Fsp3) is 0.667. The lowest BCUT2D eigenvalue weighted by Gasteiger charge is -2.21. The molecule has 0 aliphatic rings. The van der Waals surface area contributed by atoms with Gasteiger partial charge in [0.2, 0.25) is 0 Å². The number of hydrogen-bond acceptors (Lipinski definition) is 5. The van der Waals surface area contributed by atoms with Crippen LogP contribution in [0.4, 0.5) is 0 Å². The molecule has 1 rings (SSSR count). The number of nitrogens with one attached hydrogen (secondary N) is 2. The summed E-state index contributed by atoms with van der Waals surface area (Å²) >= 11 is 1.49. The fourth-order valence-corrected chi connectivity index (χ4v) is 1.83. The highest BCUT2D eigenvalue weighted by Gasteiger charge is 2.23. The molecule has 0 aromatic carbocycles. The third-order valence-corrected chi connectivity index (χ3v) is 3.09. The summed E-state index contributed by atoms with van der Waals surface area (Å²) in [5.74, 6) is 0.651. The van der Waals surface area contributed by atoms with Crippen molar-refractivity contribution in [3.05, 3.63) is 6.33 Å². The molecule has 2 N–H and O–H groups in total. The molecule has 6 heteroatoms. The van der Waals surface area contributed by atoms with Crippen molar-refractivity contribution >= 4 is 11.8 Å². The van der Waals surface area contributed by atoms with Crippen LogP contribution in [-0.4, -0.2) is 33.0 Å². The fourth-order valence-electron chi connectivity index (χ4n) is 1.00. The smallest absolute Gasteiger partial charge is 0.183 e. The van der Waals surface area contributed by atoms with Crippen LogP contribution in [-0.2, 0) is 0 Å². The van der Waals surface area contributed by atoms with Gasteiger partial charge in [-0.2, -0.15) is 10.4 Å². The van der Waals surface area contributed by atoms with Crippen molar-refractivity contribution < 1.29 is 0 Å². The molecule has 1 unspecified atom stereocenters. The molecule has 0 aliphatic heterocycles. The van der Waals surface area contributed by atoms with Gasteiger partial charge in [0.05, 0.1) is 6.07 Å². The number of hydrogen-bond donors (Lipinski definition) is 2. The Morgan fingerprint density at radius 3 is 3.07 bits per heavy atom. The lowest BCUT2D eigenvalue weighted by molar-refractivity contribution is 0.493. The molecule has 1 aromatic rings. The Kier molecular flexibility index (Phi) is 4.59. The maximum absolute atomic E-state index is 9.07. The van der Waals surface area contributed by atoms with E-state index in [4.69, 9.17) is 5.26 Å². The van der Waals surface area contributed by atoms with Crippen molar-refractivity contribution in [2.24, 2.45) is 0 Å². The molecule has 15 heavy (non-hydrogen) atoms. The van der Waals surface area contributed by atoms with Crippen LogP contribution in [0.1, 0.15) is 20.3 Å². The second-order valence-electron chi connectivity index (χ2n) is 3.45. The minimum Gasteiger partial charge on any atom is -0.299 e. The molecular formula is C9H15N5S. The summed E-state index contributed by atoms with van der Waals surface area (Å²) in [5.41, 5.74) is -0.506. The number of nitriles is 1. The number of thioether (sulfide) groups is 1. The molecule has 82 valence electrons. The molecule has 0 aliphatic carbocycles. The predicted octanol–water partition coefficient (Wildman–Crippen LogP) is 1.18. The van der Waals surface area contributed by atoms with E-state index in [-0.39, 0.29) is 0 Å². The summed E-state index contributed by atoms with van der Waals surface area (Å²) in [4.78, 5) is 3.99. The first-order valence-corrected chi connectivity index (χ1v) is 5.83. The molecular weight excluding hydrogens is 210 g/mol. The van der Waals surface area contributed by atoms with Crippen molar-refractivity contribution in [1.29, 1.82) is 5.26 Å². The van der Waals surface area contributed by atoms with E-state index in [1.807, 2.05) is 6.92 Å². The molecule has 0 spiro atoms. The third kappa shape index (κ3) is 3.90. The van der Waals surface area contributed by atoms with Crippen molar-refractivity contribution in [3.8, 4) is 6.07 Å². The first-order chi connectivity index (χ1) is 7.20. The molecule has 0 radical (unpaired) electrons. The summed E-state index contributed by atoms with van der Waals surface area (Å²) in [6.07, 6.45) is 2.48. The van der Waals surface area contributed by atoms with Crippen molar-refractivity contribution in [2.75, 3.05) is 12.3 Å².